The van der Waals surface area contributed by atoms with Crippen molar-refractivity contribution in [2.45, 2.75) is 20.0 Å². The van der Waals surface area contributed by atoms with Crippen molar-refractivity contribution in [1.29, 1.82) is 0 Å². The molecule has 0 aliphatic carbocycles. The zero-order chi connectivity index (χ0) is 20.4. The van der Waals surface area contributed by atoms with E-state index in [0.717, 1.165) is 11.1 Å². The summed E-state index contributed by atoms with van der Waals surface area (Å²) in [5, 5.41) is 7.96. The van der Waals surface area contributed by atoms with Crippen molar-refractivity contribution < 1.29 is 14.3 Å². The molecular weight excluding hydrogens is 386 g/mol. The number of nitrogens with zero attached hydrogens (tertiary/aromatic N) is 1. The van der Waals surface area contributed by atoms with E-state index in [1.807, 2.05) is 54.8 Å². The van der Waals surface area contributed by atoms with Crippen molar-refractivity contribution in [3.05, 3.63) is 65.0 Å². The number of carbonyl (C=O) groups excluding carboxylic acids is 2. The lowest BCUT2D eigenvalue weighted by Crippen LogP contribution is -2.34. The van der Waals surface area contributed by atoms with Gasteiger partial charge in [-0.1, -0.05) is 29.8 Å². The molecule has 0 saturated heterocycles. The summed E-state index contributed by atoms with van der Waals surface area (Å²) in [6.45, 7) is 3.72. The Bertz CT molecular complexity index is 1100. The molecular formula is C22H19N3O3S. The molecule has 7 heteroatoms. The minimum Gasteiger partial charge on any atom is -0.479 e. The van der Waals surface area contributed by atoms with E-state index in [2.05, 4.69) is 15.6 Å². The number of nitrogens with one attached hydrogen (secondary N) is 2. The molecule has 0 saturated carbocycles. The molecule has 1 aliphatic heterocycles. The van der Waals surface area contributed by atoms with Crippen LogP contribution < -0.4 is 15.4 Å². The van der Waals surface area contributed by atoms with E-state index in [1.165, 1.54) is 23.0 Å². The maximum atomic E-state index is 12.2. The van der Waals surface area contributed by atoms with E-state index >= 15 is 0 Å². The number of fused-ring (bicyclic) bond motifs is 1. The number of ether oxygens (including phenoxy) is 1. The highest BCUT2D eigenvalue weighted by Crippen LogP contribution is 2.34. The summed E-state index contributed by atoms with van der Waals surface area (Å²) in [4.78, 5) is 28.4. The minimum absolute atomic E-state index is 0.179. The lowest BCUT2D eigenvalue weighted by molar-refractivity contribution is -0.122. The van der Waals surface area contributed by atoms with Crippen LogP contribution >= 0.6 is 11.3 Å². The third kappa shape index (κ3) is 4.35. The van der Waals surface area contributed by atoms with Gasteiger partial charge in [-0.3, -0.25) is 14.9 Å². The lowest BCUT2D eigenvalue weighted by Gasteiger charge is -2.23. The Balaban J connectivity index is 1.44. The minimum atomic E-state index is -0.512. The summed E-state index contributed by atoms with van der Waals surface area (Å²) in [7, 11) is 0. The topological polar surface area (TPSA) is 80.3 Å². The molecule has 0 spiro atoms. The van der Waals surface area contributed by atoms with Gasteiger partial charge in [0.15, 0.2) is 11.2 Å². The van der Waals surface area contributed by atoms with Crippen LogP contribution in [0, 0.1) is 6.92 Å². The van der Waals surface area contributed by atoms with Gasteiger partial charge in [-0.15, -0.1) is 11.3 Å². The number of carbonyl (C=O) groups is 2. The average molecular weight is 405 g/mol. The molecule has 4 rings (SSSR count). The van der Waals surface area contributed by atoms with Crippen LogP contribution in [0.15, 0.2) is 53.9 Å². The first-order valence-electron chi connectivity index (χ1n) is 9.11. The van der Waals surface area contributed by atoms with Gasteiger partial charge >= 0.3 is 0 Å². The SMILES string of the molecule is Cc1ccc(/C=C/C(=O)Nc2nc(-c3ccc4c(c3)NC(=O)C(C)O4)cs2)cc1. The van der Waals surface area contributed by atoms with Crippen molar-refractivity contribution in [2.75, 3.05) is 10.6 Å². The molecule has 1 aromatic heterocycles. The number of benzene rings is 2. The zero-order valence-electron chi connectivity index (χ0n) is 15.9. The Morgan fingerprint density at radius 1 is 1.24 bits per heavy atom. The predicted octanol–water partition coefficient (Wildman–Crippen LogP) is 4.49. The van der Waals surface area contributed by atoms with Gasteiger partial charge in [0.1, 0.15) is 5.75 Å². The van der Waals surface area contributed by atoms with Gasteiger partial charge in [0, 0.05) is 17.0 Å². The maximum absolute atomic E-state index is 12.2. The largest absolute Gasteiger partial charge is 0.479 e. The van der Waals surface area contributed by atoms with Crippen LogP contribution in [-0.2, 0) is 9.59 Å². The van der Waals surface area contributed by atoms with Gasteiger partial charge < -0.3 is 10.1 Å². The zero-order valence-corrected chi connectivity index (χ0v) is 16.7. The Labute approximate surface area is 172 Å². The molecule has 0 radical (unpaired) electrons. The Kier molecular flexibility index (Phi) is 5.14. The Morgan fingerprint density at radius 2 is 2.03 bits per heavy atom. The standard InChI is InChI=1S/C22H19N3O3S/c1-13-3-5-15(6-4-13)7-10-20(26)25-22-24-18(12-29-22)16-8-9-19-17(11-16)23-21(27)14(2)28-19/h3-12,14H,1-2H3,(H,23,27)(H,24,25,26)/b10-7+. The highest BCUT2D eigenvalue weighted by molar-refractivity contribution is 7.14. The number of thiazole rings is 1. The summed E-state index contributed by atoms with van der Waals surface area (Å²) in [5.41, 5.74) is 4.28. The van der Waals surface area contributed by atoms with Crippen LogP contribution in [0.4, 0.5) is 10.8 Å². The Morgan fingerprint density at radius 3 is 2.83 bits per heavy atom. The third-order valence-corrected chi connectivity index (χ3v) is 5.20. The summed E-state index contributed by atoms with van der Waals surface area (Å²) >= 11 is 1.34. The van der Waals surface area contributed by atoms with Crippen LogP contribution in [0.3, 0.4) is 0 Å². The van der Waals surface area contributed by atoms with Crippen LogP contribution in [0.1, 0.15) is 18.1 Å². The summed E-state index contributed by atoms with van der Waals surface area (Å²) < 4.78 is 5.57. The number of hydrogen-bond donors (Lipinski definition) is 2. The fourth-order valence-corrected chi connectivity index (χ4v) is 3.55. The molecule has 1 atom stereocenters. The molecule has 0 bridgehead atoms. The van der Waals surface area contributed by atoms with Gasteiger partial charge in [0.2, 0.25) is 5.91 Å². The van der Waals surface area contributed by atoms with E-state index in [9.17, 15) is 9.59 Å². The van der Waals surface area contributed by atoms with E-state index in [-0.39, 0.29) is 11.8 Å². The van der Waals surface area contributed by atoms with Gasteiger partial charge in [0.05, 0.1) is 11.4 Å². The predicted molar refractivity (Wildman–Crippen MR) is 115 cm³/mol. The number of aromatic nitrogens is 1. The fraction of sp³-hybridized carbons (Fsp3) is 0.136. The van der Waals surface area contributed by atoms with Crippen molar-refractivity contribution in [2.24, 2.45) is 0 Å². The molecule has 2 heterocycles. The first-order valence-corrected chi connectivity index (χ1v) is 9.99. The van der Waals surface area contributed by atoms with Gasteiger partial charge in [-0.05, 0) is 43.7 Å². The molecule has 1 unspecified atom stereocenters. The van der Waals surface area contributed by atoms with Crippen LogP contribution in [-0.4, -0.2) is 22.9 Å². The quantitative estimate of drug-likeness (QED) is 0.627. The normalized spacial score (nSPS) is 15.5. The number of aryl methyl sites for hydroxylation is 1. The van der Waals surface area contributed by atoms with Crippen molar-refractivity contribution in [3.63, 3.8) is 0 Å². The smallest absolute Gasteiger partial charge is 0.265 e. The summed E-state index contributed by atoms with van der Waals surface area (Å²) in [6, 6.07) is 13.4. The molecule has 2 N–H and O–H groups in total. The van der Waals surface area contributed by atoms with E-state index in [0.29, 0.717) is 22.3 Å². The number of rotatable bonds is 4. The first kappa shape index (κ1) is 18.9. The molecule has 2 amide bonds. The highest BCUT2D eigenvalue weighted by atomic mass is 32.1. The van der Waals surface area contributed by atoms with Gasteiger partial charge in [-0.25, -0.2) is 4.98 Å². The van der Waals surface area contributed by atoms with Crippen LogP contribution in [0.25, 0.3) is 17.3 Å². The maximum Gasteiger partial charge on any atom is 0.265 e. The molecule has 1 aliphatic rings. The first-order chi connectivity index (χ1) is 14.0. The number of anilines is 2. The van der Waals surface area contributed by atoms with Crippen LogP contribution in [0.2, 0.25) is 0 Å². The van der Waals surface area contributed by atoms with Crippen molar-refractivity contribution >= 4 is 40.0 Å². The number of hydrogen-bond acceptors (Lipinski definition) is 5. The second kappa shape index (κ2) is 7.89. The monoisotopic (exact) mass is 405 g/mol. The fourth-order valence-electron chi connectivity index (χ4n) is 2.83. The van der Waals surface area contributed by atoms with E-state index < -0.39 is 6.10 Å². The van der Waals surface area contributed by atoms with Crippen LogP contribution in [0.5, 0.6) is 5.75 Å². The van der Waals surface area contributed by atoms with Crippen molar-refractivity contribution in [1.82, 2.24) is 4.98 Å². The van der Waals surface area contributed by atoms with E-state index in [4.69, 9.17) is 4.74 Å². The molecule has 3 aromatic rings. The molecule has 0 fully saturated rings. The summed E-state index contributed by atoms with van der Waals surface area (Å²) in [5.74, 6) is 0.207. The van der Waals surface area contributed by atoms with Crippen molar-refractivity contribution in [3.8, 4) is 17.0 Å². The molecule has 29 heavy (non-hydrogen) atoms. The van der Waals surface area contributed by atoms with Gasteiger partial charge in [0.25, 0.3) is 5.91 Å². The number of amides is 2. The van der Waals surface area contributed by atoms with Gasteiger partial charge in [-0.2, -0.15) is 0 Å². The average Bonchev–Trinajstić information content (AvgIpc) is 3.16. The lowest BCUT2D eigenvalue weighted by atomic mass is 10.1. The second-order valence-corrected chi connectivity index (χ2v) is 7.59. The molecule has 146 valence electrons. The third-order valence-electron chi connectivity index (χ3n) is 4.44. The molecule has 6 nitrogen and oxygen atoms in total. The second-order valence-electron chi connectivity index (χ2n) is 6.73. The highest BCUT2D eigenvalue weighted by Gasteiger charge is 2.23. The molecule has 2 aromatic carbocycles. The summed E-state index contributed by atoms with van der Waals surface area (Å²) in [6.07, 6.45) is 2.73. The van der Waals surface area contributed by atoms with E-state index in [1.54, 1.807) is 13.0 Å². The Hall–Kier alpha value is -3.45.